The third-order valence-electron chi connectivity index (χ3n) is 2.14. The van der Waals surface area contributed by atoms with Gasteiger partial charge < -0.3 is 5.73 Å². The molecule has 0 spiro atoms. The quantitative estimate of drug-likeness (QED) is 0.533. The van der Waals surface area contributed by atoms with E-state index in [9.17, 15) is 18.4 Å². The number of hydrogen-bond acceptors (Lipinski definition) is 2. The zero-order valence-corrected chi connectivity index (χ0v) is 7.35. The molecule has 7 heteroatoms. The van der Waals surface area contributed by atoms with Crippen LogP contribution in [0.25, 0.3) is 0 Å². The van der Waals surface area contributed by atoms with Crippen LogP contribution in [-0.4, -0.2) is 17.9 Å². The van der Waals surface area contributed by atoms with Gasteiger partial charge in [-0.15, -0.1) is 0 Å². The number of nitrogens with one attached hydrogen (secondary N) is 2. The molecule has 1 rings (SSSR count). The van der Waals surface area contributed by atoms with Crippen LogP contribution in [0.2, 0.25) is 0 Å². The zero-order chi connectivity index (χ0) is 10.8. The summed E-state index contributed by atoms with van der Waals surface area (Å²) in [7, 11) is 0. The number of rotatable bonds is 1. The van der Waals surface area contributed by atoms with E-state index in [0.29, 0.717) is 6.42 Å². The minimum Gasteiger partial charge on any atom is -0.350 e. The first kappa shape index (κ1) is 10.7. The van der Waals surface area contributed by atoms with Gasteiger partial charge in [-0.1, -0.05) is 0 Å². The van der Waals surface area contributed by atoms with Gasteiger partial charge in [-0.3, -0.25) is 10.2 Å². The monoisotopic (exact) mass is 207 g/mol. The molecule has 3 amide bonds. The molecular formula is C7H11F2N3O2. The Morgan fingerprint density at radius 1 is 1.36 bits per heavy atom. The third-order valence-corrected chi connectivity index (χ3v) is 2.14. The van der Waals surface area contributed by atoms with E-state index in [1.807, 2.05) is 5.43 Å². The maximum absolute atomic E-state index is 13.0. The lowest BCUT2D eigenvalue weighted by atomic mass is 10.1. The van der Waals surface area contributed by atoms with Crippen LogP contribution < -0.4 is 16.6 Å². The highest BCUT2D eigenvalue weighted by atomic mass is 19.3. The van der Waals surface area contributed by atoms with Gasteiger partial charge in [0.2, 0.25) is 5.91 Å². The Bertz CT molecular complexity index is 257. The highest BCUT2D eigenvalue weighted by Gasteiger charge is 2.48. The summed E-state index contributed by atoms with van der Waals surface area (Å²) in [4.78, 5) is 21.3. The molecule has 1 aliphatic rings. The van der Waals surface area contributed by atoms with Crippen molar-refractivity contribution in [2.24, 2.45) is 11.7 Å². The first-order valence-corrected chi connectivity index (χ1v) is 4.16. The molecule has 1 fully saturated rings. The summed E-state index contributed by atoms with van der Waals surface area (Å²) in [6.07, 6.45) is 0.141. The lowest BCUT2D eigenvalue weighted by molar-refractivity contribution is -0.136. The van der Waals surface area contributed by atoms with E-state index in [0.717, 1.165) is 0 Å². The number of urea groups is 1. The standard InChI is InChI=1S/C7H11F2N3O2/c8-7(9)3-1-2-4(7)5(13)11-12-6(10)14/h4H,1-3H2,(H,11,13)(H3,10,12,14). The number of alkyl halides is 2. The zero-order valence-electron chi connectivity index (χ0n) is 7.35. The van der Waals surface area contributed by atoms with Crippen molar-refractivity contribution in [2.45, 2.75) is 25.2 Å². The summed E-state index contributed by atoms with van der Waals surface area (Å²) >= 11 is 0. The maximum atomic E-state index is 13.0. The molecule has 1 saturated carbocycles. The van der Waals surface area contributed by atoms with Crippen molar-refractivity contribution in [2.75, 3.05) is 0 Å². The Balaban J connectivity index is 2.48. The highest BCUT2D eigenvalue weighted by Crippen LogP contribution is 2.40. The van der Waals surface area contributed by atoms with Gasteiger partial charge in [0.05, 0.1) is 0 Å². The fraction of sp³-hybridized carbons (Fsp3) is 0.714. The minimum absolute atomic E-state index is 0.124. The van der Waals surface area contributed by atoms with Crippen LogP contribution in [-0.2, 0) is 4.79 Å². The molecule has 1 unspecified atom stereocenters. The predicted octanol–water partition coefficient (Wildman–Crippen LogP) is 0.121. The molecule has 0 heterocycles. The molecular weight excluding hydrogens is 196 g/mol. The second-order valence-corrected chi connectivity index (χ2v) is 3.18. The van der Waals surface area contributed by atoms with Crippen LogP contribution >= 0.6 is 0 Å². The van der Waals surface area contributed by atoms with E-state index >= 15 is 0 Å². The van der Waals surface area contributed by atoms with E-state index in [-0.39, 0.29) is 12.8 Å². The molecule has 0 aromatic carbocycles. The number of carbonyl (C=O) groups excluding carboxylic acids is 2. The lowest BCUT2D eigenvalue weighted by Gasteiger charge is -2.17. The summed E-state index contributed by atoms with van der Waals surface area (Å²) < 4.78 is 26.0. The van der Waals surface area contributed by atoms with Gasteiger partial charge in [-0.05, 0) is 12.8 Å². The lowest BCUT2D eigenvalue weighted by Crippen LogP contribution is -2.49. The SMILES string of the molecule is NC(=O)NNC(=O)C1CCCC1(F)F. The van der Waals surface area contributed by atoms with Gasteiger partial charge in [-0.2, -0.15) is 0 Å². The Labute approximate surface area is 79.0 Å². The smallest absolute Gasteiger partial charge is 0.330 e. The summed E-state index contributed by atoms with van der Waals surface area (Å²) in [5.74, 6) is -5.25. The molecule has 0 aromatic heterocycles. The number of carbonyl (C=O) groups is 2. The van der Waals surface area contributed by atoms with Crippen LogP contribution in [0, 0.1) is 5.92 Å². The van der Waals surface area contributed by atoms with Crippen molar-refractivity contribution in [3.8, 4) is 0 Å². The fourth-order valence-electron chi connectivity index (χ4n) is 1.46. The van der Waals surface area contributed by atoms with Crippen LogP contribution in [0.3, 0.4) is 0 Å². The molecule has 1 atom stereocenters. The second kappa shape index (κ2) is 3.77. The molecule has 0 bridgehead atoms. The highest BCUT2D eigenvalue weighted by molar-refractivity contribution is 5.82. The van der Waals surface area contributed by atoms with E-state index in [4.69, 9.17) is 0 Å². The maximum Gasteiger partial charge on any atom is 0.330 e. The summed E-state index contributed by atoms with van der Waals surface area (Å²) in [5, 5.41) is 0. The molecule has 1 aliphatic carbocycles. The molecule has 0 aromatic rings. The van der Waals surface area contributed by atoms with Crippen LogP contribution in [0.15, 0.2) is 0 Å². The van der Waals surface area contributed by atoms with Gasteiger partial charge in [0.15, 0.2) is 0 Å². The second-order valence-electron chi connectivity index (χ2n) is 3.18. The van der Waals surface area contributed by atoms with Gasteiger partial charge >= 0.3 is 6.03 Å². The topological polar surface area (TPSA) is 84.2 Å². The van der Waals surface area contributed by atoms with Gasteiger partial charge in [0, 0.05) is 6.42 Å². The van der Waals surface area contributed by atoms with Crippen molar-refractivity contribution in [1.29, 1.82) is 0 Å². The Morgan fingerprint density at radius 3 is 2.43 bits per heavy atom. The van der Waals surface area contributed by atoms with Crippen molar-refractivity contribution in [3.63, 3.8) is 0 Å². The molecule has 14 heavy (non-hydrogen) atoms. The average Bonchev–Trinajstić information content (AvgIpc) is 2.41. The van der Waals surface area contributed by atoms with Gasteiger partial charge in [0.25, 0.3) is 5.92 Å². The van der Waals surface area contributed by atoms with Crippen molar-refractivity contribution in [3.05, 3.63) is 0 Å². The molecule has 0 radical (unpaired) electrons. The van der Waals surface area contributed by atoms with Gasteiger partial charge in [-0.25, -0.2) is 19.0 Å². The van der Waals surface area contributed by atoms with Crippen LogP contribution in [0.4, 0.5) is 13.6 Å². The Hall–Kier alpha value is -1.40. The molecule has 0 aliphatic heterocycles. The number of halogens is 2. The van der Waals surface area contributed by atoms with E-state index in [1.165, 1.54) is 0 Å². The normalized spacial score (nSPS) is 24.3. The van der Waals surface area contributed by atoms with Crippen LogP contribution in [0.5, 0.6) is 0 Å². The van der Waals surface area contributed by atoms with E-state index < -0.39 is 23.8 Å². The molecule has 4 N–H and O–H groups in total. The largest absolute Gasteiger partial charge is 0.350 e. The summed E-state index contributed by atoms with van der Waals surface area (Å²) in [5.41, 5.74) is 8.26. The first-order valence-electron chi connectivity index (χ1n) is 4.16. The van der Waals surface area contributed by atoms with Crippen molar-refractivity contribution < 1.29 is 18.4 Å². The number of primary amides is 1. The van der Waals surface area contributed by atoms with Gasteiger partial charge in [0.1, 0.15) is 5.92 Å². The third kappa shape index (κ3) is 2.30. The van der Waals surface area contributed by atoms with Crippen molar-refractivity contribution >= 4 is 11.9 Å². The van der Waals surface area contributed by atoms with Crippen LogP contribution in [0.1, 0.15) is 19.3 Å². The molecule has 0 saturated heterocycles. The molecule has 80 valence electrons. The first-order chi connectivity index (χ1) is 6.43. The number of hydrazine groups is 1. The summed E-state index contributed by atoms with van der Waals surface area (Å²) in [6, 6.07) is -0.986. The number of hydrogen-bond donors (Lipinski definition) is 3. The Morgan fingerprint density at radius 2 is 2.00 bits per heavy atom. The number of amides is 3. The molecule has 5 nitrogen and oxygen atoms in total. The fourth-order valence-corrected chi connectivity index (χ4v) is 1.46. The minimum atomic E-state index is -2.98. The Kier molecular flexibility index (Phi) is 2.87. The predicted molar refractivity (Wildman–Crippen MR) is 43.1 cm³/mol. The van der Waals surface area contributed by atoms with E-state index in [2.05, 4.69) is 5.73 Å². The van der Waals surface area contributed by atoms with Crippen molar-refractivity contribution in [1.82, 2.24) is 10.9 Å². The van der Waals surface area contributed by atoms with E-state index in [1.54, 1.807) is 5.43 Å². The summed E-state index contributed by atoms with van der Waals surface area (Å²) in [6.45, 7) is 0. The average molecular weight is 207 g/mol. The number of nitrogens with two attached hydrogens (primary N) is 1.